The summed E-state index contributed by atoms with van der Waals surface area (Å²) in [4.78, 5) is 35.8. The molecule has 2 unspecified atom stereocenters. The van der Waals surface area contributed by atoms with Crippen molar-refractivity contribution < 1.29 is 29.3 Å². The van der Waals surface area contributed by atoms with Crippen LogP contribution in [0.5, 0.6) is 0 Å². The summed E-state index contributed by atoms with van der Waals surface area (Å²) in [6.45, 7) is 0.731. The van der Waals surface area contributed by atoms with Crippen molar-refractivity contribution in [1.29, 1.82) is 0 Å². The van der Waals surface area contributed by atoms with Crippen LogP contribution in [0.3, 0.4) is 0 Å². The number of aliphatic carboxylic acids is 2. The topological polar surface area (TPSA) is 104 Å². The average molecular weight is 377 g/mol. The zero-order valence-corrected chi connectivity index (χ0v) is 15.4. The molecule has 0 spiro atoms. The van der Waals surface area contributed by atoms with Crippen LogP contribution in [-0.2, 0) is 20.9 Å². The molecule has 0 aliphatic carbocycles. The molecule has 1 aromatic carbocycles. The summed E-state index contributed by atoms with van der Waals surface area (Å²) >= 11 is 0. The largest absolute Gasteiger partial charge is 0.481 e. The molecule has 1 aromatic rings. The van der Waals surface area contributed by atoms with Crippen molar-refractivity contribution in [2.24, 2.45) is 11.8 Å². The Hall–Kier alpha value is -2.57. The first-order valence-corrected chi connectivity index (χ1v) is 9.37. The van der Waals surface area contributed by atoms with E-state index in [0.717, 1.165) is 24.8 Å². The first kappa shape index (κ1) is 20.7. The number of carboxylic acids is 2. The van der Waals surface area contributed by atoms with Gasteiger partial charge in [-0.05, 0) is 24.3 Å². The van der Waals surface area contributed by atoms with E-state index in [4.69, 9.17) is 9.84 Å². The van der Waals surface area contributed by atoms with Gasteiger partial charge in [-0.1, -0.05) is 49.6 Å². The third kappa shape index (κ3) is 6.92. The van der Waals surface area contributed by atoms with E-state index in [1.54, 1.807) is 0 Å². The summed E-state index contributed by atoms with van der Waals surface area (Å²) in [6.07, 6.45) is 3.57. The Bertz CT molecular complexity index is 633. The van der Waals surface area contributed by atoms with Gasteiger partial charge in [-0.15, -0.1) is 0 Å². The highest BCUT2D eigenvalue weighted by Gasteiger charge is 2.39. The van der Waals surface area contributed by atoms with Crippen LogP contribution in [-0.4, -0.2) is 46.2 Å². The van der Waals surface area contributed by atoms with Gasteiger partial charge in [0.15, 0.2) is 0 Å². The molecule has 1 heterocycles. The fraction of sp³-hybridized carbons (Fsp3) is 0.550. The summed E-state index contributed by atoms with van der Waals surface area (Å²) < 4.78 is 5.31. The molecule has 1 saturated heterocycles. The van der Waals surface area contributed by atoms with Crippen LogP contribution >= 0.6 is 0 Å². The third-order valence-corrected chi connectivity index (χ3v) is 4.94. The molecule has 0 bridgehead atoms. The molecule has 1 aliphatic rings. The molecule has 2 atom stereocenters. The minimum Gasteiger partial charge on any atom is -0.481 e. The summed E-state index contributed by atoms with van der Waals surface area (Å²) in [5.74, 6) is -2.34. The van der Waals surface area contributed by atoms with Gasteiger partial charge in [0.2, 0.25) is 0 Å². The minimum atomic E-state index is -0.885. The van der Waals surface area contributed by atoms with Crippen molar-refractivity contribution in [3.8, 4) is 0 Å². The summed E-state index contributed by atoms with van der Waals surface area (Å²) in [5.41, 5.74) is 0.887. The van der Waals surface area contributed by atoms with Gasteiger partial charge in [-0.2, -0.15) is 0 Å². The third-order valence-electron chi connectivity index (χ3n) is 4.94. The van der Waals surface area contributed by atoms with Gasteiger partial charge >= 0.3 is 18.0 Å². The number of carboxylic acid groups (broad SMARTS) is 2. The second-order valence-corrected chi connectivity index (χ2v) is 7.00. The van der Waals surface area contributed by atoms with Crippen molar-refractivity contribution in [3.63, 3.8) is 0 Å². The van der Waals surface area contributed by atoms with E-state index in [1.165, 1.54) is 4.90 Å². The molecule has 2 N–H and O–H groups in total. The van der Waals surface area contributed by atoms with Crippen LogP contribution in [0.2, 0.25) is 0 Å². The van der Waals surface area contributed by atoms with Gasteiger partial charge in [0.1, 0.15) is 6.61 Å². The van der Waals surface area contributed by atoms with Crippen LogP contribution in [0.4, 0.5) is 4.79 Å². The number of carbonyl (C=O) groups is 3. The number of unbranched alkanes of at least 4 members (excludes halogenated alkanes) is 3. The quantitative estimate of drug-likeness (QED) is 0.606. The minimum absolute atomic E-state index is 0.0914. The Morgan fingerprint density at radius 2 is 1.70 bits per heavy atom. The number of amides is 1. The number of likely N-dealkylation sites (tertiary alicyclic amines) is 1. The lowest BCUT2D eigenvalue weighted by molar-refractivity contribution is -0.142. The van der Waals surface area contributed by atoms with Gasteiger partial charge in [0.25, 0.3) is 0 Å². The molecule has 1 fully saturated rings. The van der Waals surface area contributed by atoms with Gasteiger partial charge in [0.05, 0.1) is 5.92 Å². The van der Waals surface area contributed by atoms with E-state index in [1.807, 2.05) is 30.3 Å². The molecular formula is C20H27NO6. The number of benzene rings is 1. The van der Waals surface area contributed by atoms with Gasteiger partial charge < -0.3 is 19.8 Å². The average Bonchev–Trinajstić information content (AvgIpc) is 3.08. The fourth-order valence-corrected chi connectivity index (χ4v) is 3.44. The van der Waals surface area contributed by atoms with Crippen LogP contribution in [0, 0.1) is 11.8 Å². The number of nitrogens with zero attached hydrogens (tertiary/aromatic N) is 1. The van der Waals surface area contributed by atoms with E-state index in [0.29, 0.717) is 19.4 Å². The molecule has 148 valence electrons. The second kappa shape index (κ2) is 10.5. The molecule has 1 amide bonds. The normalized spacial score (nSPS) is 19.0. The molecule has 7 heteroatoms. The molecule has 0 aromatic heterocycles. The Kier molecular flexibility index (Phi) is 8.10. The molecule has 27 heavy (non-hydrogen) atoms. The first-order chi connectivity index (χ1) is 13.0. The zero-order valence-electron chi connectivity index (χ0n) is 15.4. The lowest BCUT2D eigenvalue weighted by Crippen LogP contribution is -2.30. The number of hydrogen-bond acceptors (Lipinski definition) is 4. The van der Waals surface area contributed by atoms with Crippen LogP contribution < -0.4 is 0 Å². The van der Waals surface area contributed by atoms with Crippen molar-refractivity contribution in [2.45, 2.75) is 45.1 Å². The molecular weight excluding hydrogens is 350 g/mol. The van der Waals surface area contributed by atoms with E-state index >= 15 is 0 Å². The highest BCUT2D eigenvalue weighted by Crippen LogP contribution is 2.29. The Morgan fingerprint density at radius 1 is 1.00 bits per heavy atom. The number of hydrogen-bond donors (Lipinski definition) is 2. The van der Waals surface area contributed by atoms with E-state index < -0.39 is 23.9 Å². The fourth-order valence-electron chi connectivity index (χ4n) is 3.44. The predicted molar refractivity (Wildman–Crippen MR) is 98.2 cm³/mol. The lowest BCUT2D eigenvalue weighted by Gasteiger charge is -2.16. The van der Waals surface area contributed by atoms with Crippen LogP contribution in [0.25, 0.3) is 0 Å². The summed E-state index contributed by atoms with van der Waals surface area (Å²) in [5, 5.41) is 18.1. The molecule has 1 aliphatic heterocycles. The molecule has 7 nitrogen and oxygen atoms in total. The first-order valence-electron chi connectivity index (χ1n) is 9.37. The van der Waals surface area contributed by atoms with Crippen molar-refractivity contribution in [2.75, 3.05) is 13.1 Å². The Morgan fingerprint density at radius 3 is 2.37 bits per heavy atom. The monoisotopic (exact) mass is 377 g/mol. The van der Waals surface area contributed by atoms with Crippen LogP contribution in [0.1, 0.15) is 44.1 Å². The highest BCUT2D eigenvalue weighted by molar-refractivity contribution is 5.74. The summed E-state index contributed by atoms with van der Waals surface area (Å²) in [7, 11) is 0. The van der Waals surface area contributed by atoms with Crippen molar-refractivity contribution in [1.82, 2.24) is 4.90 Å². The van der Waals surface area contributed by atoms with E-state index in [-0.39, 0.29) is 25.5 Å². The SMILES string of the molecule is O=C(O)CCCCCCC1CN(C(=O)OCc2ccccc2)CC1C(=O)O. The van der Waals surface area contributed by atoms with Gasteiger partial charge in [-0.25, -0.2) is 4.79 Å². The maximum absolute atomic E-state index is 12.3. The van der Waals surface area contributed by atoms with Crippen LogP contribution in [0.15, 0.2) is 30.3 Å². The van der Waals surface area contributed by atoms with E-state index in [9.17, 15) is 19.5 Å². The molecule has 2 rings (SSSR count). The van der Waals surface area contributed by atoms with Crippen molar-refractivity contribution in [3.05, 3.63) is 35.9 Å². The standard InChI is InChI=1S/C20H27NO6/c22-18(23)11-7-2-1-6-10-16-12-21(13-17(16)19(24)25)20(26)27-14-15-8-4-3-5-9-15/h3-5,8-9,16-17H,1-2,6-7,10-14H2,(H,22,23)(H,24,25). The van der Waals surface area contributed by atoms with Gasteiger partial charge in [-0.3, -0.25) is 9.59 Å². The lowest BCUT2D eigenvalue weighted by atomic mass is 9.90. The van der Waals surface area contributed by atoms with Gasteiger partial charge in [0, 0.05) is 19.5 Å². The Labute approximate surface area is 158 Å². The summed E-state index contributed by atoms with van der Waals surface area (Å²) in [6, 6.07) is 9.35. The maximum atomic E-state index is 12.3. The molecule has 0 radical (unpaired) electrons. The number of ether oxygens (including phenoxy) is 1. The van der Waals surface area contributed by atoms with Crippen molar-refractivity contribution >= 4 is 18.0 Å². The second-order valence-electron chi connectivity index (χ2n) is 7.00. The predicted octanol–water partition coefficient (Wildman–Crippen LogP) is 3.38. The number of carbonyl (C=O) groups excluding carboxylic acids is 1. The zero-order chi connectivity index (χ0) is 19.6. The number of rotatable bonds is 10. The Balaban J connectivity index is 1.76. The smallest absolute Gasteiger partial charge is 0.410 e. The molecule has 0 saturated carbocycles. The maximum Gasteiger partial charge on any atom is 0.410 e. The van der Waals surface area contributed by atoms with E-state index in [2.05, 4.69) is 0 Å². The highest BCUT2D eigenvalue weighted by atomic mass is 16.6.